The summed E-state index contributed by atoms with van der Waals surface area (Å²) in [7, 11) is 0. The van der Waals surface area contributed by atoms with Crippen molar-refractivity contribution >= 4 is 17.5 Å². The van der Waals surface area contributed by atoms with Crippen molar-refractivity contribution in [3.8, 4) is 6.01 Å². The second kappa shape index (κ2) is 7.06. The van der Waals surface area contributed by atoms with Crippen molar-refractivity contribution in [2.75, 3.05) is 24.6 Å². The van der Waals surface area contributed by atoms with E-state index in [9.17, 15) is 0 Å². The molecule has 0 bridgehead atoms. The van der Waals surface area contributed by atoms with Gasteiger partial charge >= 0.3 is 6.01 Å². The van der Waals surface area contributed by atoms with E-state index in [1.54, 1.807) is 6.08 Å². The van der Waals surface area contributed by atoms with Crippen LogP contribution in [0.4, 0.5) is 5.95 Å². The molecule has 0 amide bonds. The lowest BCUT2D eigenvalue weighted by Crippen LogP contribution is -2.24. The minimum Gasteiger partial charge on any atom is -0.463 e. The van der Waals surface area contributed by atoms with Crippen LogP contribution in [0.1, 0.15) is 20.3 Å². The Bertz CT molecular complexity index is 368. The van der Waals surface area contributed by atoms with E-state index in [2.05, 4.69) is 21.5 Å². The second-order valence-electron chi connectivity index (χ2n) is 3.29. The molecule has 5 nitrogen and oxygen atoms in total. The van der Waals surface area contributed by atoms with Gasteiger partial charge in [-0.2, -0.15) is 15.0 Å². The molecule has 0 N–H and O–H groups in total. The molecule has 0 atom stereocenters. The van der Waals surface area contributed by atoms with Crippen LogP contribution in [0.5, 0.6) is 6.01 Å². The quantitative estimate of drug-likeness (QED) is 0.554. The average molecular weight is 257 g/mol. The van der Waals surface area contributed by atoms with Gasteiger partial charge < -0.3 is 9.64 Å². The van der Waals surface area contributed by atoms with E-state index in [-0.39, 0.29) is 11.3 Å². The van der Waals surface area contributed by atoms with E-state index < -0.39 is 0 Å². The summed E-state index contributed by atoms with van der Waals surface area (Å²) in [6, 6.07) is 0.258. The molecule has 0 spiro atoms. The molecule has 6 heteroatoms. The lowest BCUT2D eigenvalue weighted by atomic mass is 10.5. The molecule has 0 radical (unpaired) electrons. The Balaban J connectivity index is 2.81. The minimum atomic E-state index is 0.149. The summed E-state index contributed by atoms with van der Waals surface area (Å²) in [5.74, 6) is 0.545. The maximum absolute atomic E-state index is 5.83. The zero-order chi connectivity index (χ0) is 12.7. The lowest BCUT2D eigenvalue weighted by Gasteiger charge is -2.18. The van der Waals surface area contributed by atoms with Crippen molar-refractivity contribution in [3.63, 3.8) is 0 Å². The van der Waals surface area contributed by atoms with Gasteiger partial charge in [-0.25, -0.2) is 0 Å². The van der Waals surface area contributed by atoms with Crippen LogP contribution in [0.25, 0.3) is 0 Å². The van der Waals surface area contributed by atoms with Crippen LogP contribution < -0.4 is 9.64 Å². The Morgan fingerprint density at radius 2 is 2.00 bits per heavy atom. The van der Waals surface area contributed by atoms with Crippen LogP contribution in [-0.2, 0) is 0 Å². The van der Waals surface area contributed by atoms with Gasteiger partial charge in [-0.3, -0.25) is 0 Å². The summed E-state index contributed by atoms with van der Waals surface area (Å²) in [4.78, 5) is 14.2. The number of ether oxygens (including phenoxy) is 1. The third-order valence-corrected chi connectivity index (χ3v) is 2.34. The molecule has 0 aliphatic heterocycles. The normalized spacial score (nSPS) is 10.1. The molecule has 0 aromatic carbocycles. The Morgan fingerprint density at radius 3 is 2.59 bits per heavy atom. The average Bonchev–Trinajstić information content (AvgIpc) is 2.30. The first-order chi connectivity index (χ1) is 8.21. The van der Waals surface area contributed by atoms with Gasteiger partial charge in [0.25, 0.3) is 0 Å². The van der Waals surface area contributed by atoms with E-state index in [1.165, 1.54) is 0 Å². The van der Waals surface area contributed by atoms with Gasteiger partial charge in [-0.15, -0.1) is 6.58 Å². The first-order valence-electron chi connectivity index (χ1n) is 5.61. The molecule has 94 valence electrons. The minimum absolute atomic E-state index is 0.149. The zero-order valence-corrected chi connectivity index (χ0v) is 10.9. The fraction of sp³-hybridized carbons (Fsp3) is 0.545. The maximum Gasteiger partial charge on any atom is 0.322 e. The molecule has 1 heterocycles. The van der Waals surface area contributed by atoms with Crippen LogP contribution in [0.15, 0.2) is 12.7 Å². The lowest BCUT2D eigenvalue weighted by molar-refractivity contribution is 0.298. The van der Waals surface area contributed by atoms with Crippen LogP contribution in [0.2, 0.25) is 5.28 Å². The summed E-state index contributed by atoms with van der Waals surface area (Å²) in [5, 5.41) is 0.149. The highest BCUT2D eigenvalue weighted by Crippen LogP contribution is 2.14. The van der Waals surface area contributed by atoms with E-state index in [0.717, 1.165) is 19.5 Å². The molecule has 0 aliphatic rings. The van der Waals surface area contributed by atoms with Crippen LogP contribution in [-0.4, -0.2) is 34.6 Å². The van der Waals surface area contributed by atoms with Crippen molar-refractivity contribution in [1.29, 1.82) is 0 Å². The molecule has 1 aromatic rings. The van der Waals surface area contributed by atoms with Crippen LogP contribution in [0.3, 0.4) is 0 Å². The monoisotopic (exact) mass is 256 g/mol. The molecule has 0 saturated heterocycles. The fourth-order valence-corrected chi connectivity index (χ4v) is 1.42. The number of aromatic nitrogens is 3. The third-order valence-electron chi connectivity index (χ3n) is 2.18. The summed E-state index contributed by atoms with van der Waals surface area (Å²) < 4.78 is 5.36. The number of anilines is 1. The molecule has 1 rings (SSSR count). The van der Waals surface area contributed by atoms with Crippen LogP contribution >= 0.6 is 11.6 Å². The van der Waals surface area contributed by atoms with Gasteiger partial charge in [-0.05, 0) is 31.9 Å². The van der Waals surface area contributed by atoms with Crippen molar-refractivity contribution in [3.05, 3.63) is 17.9 Å². The van der Waals surface area contributed by atoms with E-state index in [1.807, 2.05) is 18.7 Å². The Morgan fingerprint density at radius 1 is 1.29 bits per heavy atom. The van der Waals surface area contributed by atoms with E-state index in [4.69, 9.17) is 16.3 Å². The molecule has 17 heavy (non-hydrogen) atoms. The highest BCUT2D eigenvalue weighted by Gasteiger charge is 2.10. The van der Waals surface area contributed by atoms with Gasteiger partial charge in [0.05, 0.1) is 6.61 Å². The largest absolute Gasteiger partial charge is 0.463 e. The molecular weight excluding hydrogens is 240 g/mol. The smallest absolute Gasteiger partial charge is 0.322 e. The summed E-state index contributed by atoms with van der Waals surface area (Å²) in [6.45, 7) is 9.77. The number of nitrogens with zero attached hydrogens (tertiary/aromatic N) is 4. The van der Waals surface area contributed by atoms with Gasteiger partial charge in [-0.1, -0.05) is 6.08 Å². The van der Waals surface area contributed by atoms with Gasteiger partial charge in [0.2, 0.25) is 11.2 Å². The van der Waals surface area contributed by atoms with E-state index in [0.29, 0.717) is 12.6 Å². The number of hydrogen-bond donors (Lipinski definition) is 0. The first-order valence-corrected chi connectivity index (χ1v) is 5.99. The van der Waals surface area contributed by atoms with E-state index >= 15 is 0 Å². The number of halogens is 1. The van der Waals surface area contributed by atoms with Crippen molar-refractivity contribution in [2.45, 2.75) is 20.3 Å². The molecule has 0 aliphatic carbocycles. The number of hydrogen-bond acceptors (Lipinski definition) is 5. The van der Waals surface area contributed by atoms with Crippen LogP contribution in [0, 0.1) is 0 Å². The fourth-order valence-electron chi connectivity index (χ4n) is 1.27. The van der Waals surface area contributed by atoms with Gasteiger partial charge in [0.1, 0.15) is 0 Å². The topological polar surface area (TPSA) is 51.1 Å². The zero-order valence-electron chi connectivity index (χ0n) is 10.2. The number of rotatable bonds is 7. The Kier molecular flexibility index (Phi) is 5.69. The SMILES string of the molecule is C=CCCOc1nc(Cl)nc(N(CC)CC)n1. The van der Waals surface area contributed by atoms with Crippen molar-refractivity contribution in [1.82, 2.24) is 15.0 Å². The Labute approximate surface area is 106 Å². The Hall–Kier alpha value is -1.36. The van der Waals surface area contributed by atoms with Crippen molar-refractivity contribution < 1.29 is 4.74 Å². The maximum atomic E-state index is 5.83. The van der Waals surface area contributed by atoms with Gasteiger partial charge in [0.15, 0.2) is 0 Å². The standard InChI is InChI=1S/C11H17ClN4O/c1-4-7-8-17-11-14-9(12)13-10(15-11)16(5-2)6-3/h4H,1,5-8H2,2-3H3. The van der Waals surface area contributed by atoms with Gasteiger partial charge in [0, 0.05) is 13.1 Å². The molecule has 0 unspecified atom stereocenters. The highest BCUT2D eigenvalue weighted by molar-refractivity contribution is 6.28. The highest BCUT2D eigenvalue weighted by atomic mass is 35.5. The first kappa shape index (κ1) is 13.7. The molecule has 0 saturated carbocycles. The van der Waals surface area contributed by atoms with Crippen molar-refractivity contribution in [2.24, 2.45) is 0 Å². The molecule has 0 fully saturated rings. The summed E-state index contributed by atoms with van der Waals surface area (Å²) >= 11 is 5.83. The summed E-state index contributed by atoms with van der Waals surface area (Å²) in [5.41, 5.74) is 0. The predicted octanol–water partition coefficient (Wildman–Crippen LogP) is 2.33. The predicted molar refractivity (Wildman–Crippen MR) is 68.7 cm³/mol. The summed E-state index contributed by atoms with van der Waals surface area (Å²) in [6.07, 6.45) is 2.51. The second-order valence-corrected chi connectivity index (χ2v) is 3.62. The molecule has 1 aromatic heterocycles. The molecular formula is C11H17ClN4O. The third kappa shape index (κ3) is 4.19.